The van der Waals surface area contributed by atoms with Crippen LogP contribution in [0.25, 0.3) is 0 Å². The Bertz CT molecular complexity index is 937. The van der Waals surface area contributed by atoms with Gasteiger partial charge in [0, 0.05) is 24.4 Å². The molecule has 1 aromatic carbocycles. The first-order valence-electron chi connectivity index (χ1n) is 7.72. The molecule has 6 nitrogen and oxygen atoms in total. The number of rotatable bonds is 5. The Morgan fingerprint density at radius 3 is 2.54 bits per heavy atom. The predicted molar refractivity (Wildman–Crippen MR) is 103 cm³/mol. The quantitative estimate of drug-likeness (QED) is 0.635. The molecule has 3 N–H and O–H groups in total. The lowest BCUT2D eigenvalue weighted by molar-refractivity contribution is 0.0993. The van der Waals surface area contributed by atoms with E-state index in [-0.39, 0.29) is 18.2 Å². The topological polar surface area (TPSA) is 93.8 Å². The lowest BCUT2D eigenvalue weighted by atomic mass is 10.0. The largest absolute Gasteiger partial charge is 0.368 e. The normalized spacial score (nSPS) is 10.6. The number of benzene rings is 1. The molecule has 3 rings (SSSR count). The number of carbonyl (C=O) groups is 1. The molecular weight excluding hydrogens is 373 g/mol. The van der Waals surface area contributed by atoms with Gasteiger partial charge in [0.25, 0.3) is 0 Å². The molecule has 0 bridgehead atoms. The van der Waals surface area contributed by atoms with Gasteiger partial charge < -0.3 is 11.1 Å². The molecule has 0 aliphatic heterocycles. The molecule has 132 valence electrons. The summed E-state index contributed by atoms with van der Waals surface area (Å²) >= 11 is 12.2. The first kappa shape index (κ1) is 18.1. The number of nitrogens with one attached hydrogen (secondary N) is 1. The summed E-state index contributed by atoms with van der Waals surface area (Å²) < 4.78 is 0. The van der Waals surface area contributed by atoms with E-state index < -0.39 is 0 Å². The fourth-order valence-electron chi connectivity index (χ4n) is 2.48. The molecule has 0 aliphatic carbocycles. The zero-order chi connectivity index (χ0) is 18.7. The minimum absolute atomic E-state index is 0.144. The van der Waals surface area contributed by atoms with Crippen molar-refractivity contribution in [3.8, 4) is 0 Å². The number of nitrogens with two attached hydrogens (primary N) is 1. The Hall–Kier alpha value is -2.70. The first-order chi connectivity index (χ1) is 12.4. The van der Waals surface area contributed by atoms with Gasteiger partial charge in [0.2, 0.25) is 5.95 Å². The summed E-state index contributed by atoms with van der Waals surface area (Å²) in [4.78, 5) is 24.9. The van der Waals surface area contributed by atoms with Crippen LogP contribution in [0.5, 0.6) is 0 Å². The molecule has 0 radical (unpaired) electrons. The van der Waals surface area contributed by atoms with E-state index in [1.165, 1.54) is 0 Å². The van der Waals surface area contributed by atoms with Crippen molar-refractivity contribution in [1.29, 1.82) is 0 Å². The molecule has 0 fully saturated rings. The lowest BCUT2D eigenvalue weighted by Gasteiger charge is -2.09. The Labute approximate surface area is 160 Å². The van der Waals surface area contributed by atoms with E-state index in [0.29, 0.717) is 27.2 Å². The van der Waals surface area contributed by atoms with Crippen LogP contribution >= 0.6 is 23.2 Å². The molecule has 0 atom stereocenters. The van der Waals surface area contributed by atoms with Gasteiger partial charge in [-0.1, -0.05) is 29.3 Å². The summed E-state index contributed by atoms with van der Waals surface area (Å²) in [5.41, 5.74) is 7.47. The standard InChI is InChI=1S/C18H15Cl2N5O/c1-10-7-16(25-18(21)23-10)24-15-9-11(5-6-22-15)8-14(26)17-12(19)3-2-4-13(17)20/h2-7,9H,8H2,1H3,(H3,21,22,23,24,25). The molecule has 8 heteroatoms. The van der Waals surface area contributed by atoms with E-state index in [4.69, 9.17) is 28.9 Å². The summed E-state index contributed by atoms with van der Waals surface area (Å²) in [5.74, 6) is 1.07. The smallest absolute Gasteiger partial charge is 0.222 e. The fraction of sp³-hybridized carbons (Fsp3) is 0.111. The Morgan fingerprint density at radius 2 is 1.85 bits per heavy atom. The van der Waals surface area contributed by atoms with Crippen LogP contribution in [0.3, 0.4) is 0 Å². The van der Waals surface area contributed by atoms with Gasteiger partial charge in [-0.2, -0.15) is 4.98 Å². The average Bonchev–Trinajstić information content (AvgIpc) is 2.54. The Morgan fingerprint density at radius 1 is 1.12 bits per heavy atom. The van der Waals surface area contributed by atoms with Crippen LogP contribution in [0, 0.1) is 6.92 Å². The van der Waals surface area contributed by atoms with Crippen molar-refractivity contribution >= 4 is 46.6 Å². The van der Waals surface area contributed by atoms with Crippen LogP contribution in [-0.4, -0.2) is 20.7 Å². The van der Waals surface area contributed by atoms with E-state index in [1.54, 1.807) is 42.6 Å². The average molecular weight is 388 g/mol. The number of nitrogens with zero attached hydrogens (tertiary/aromatic N) is 3. The summed E-state index contributed by atoms with van der Waals surface area (Å²) in [6.07, 6.45) is 1.75. The maximum absolute atomic E-state index is 12.6. The van der Waals surface area contributed by atoms with Crippen molar-refractivity contribution in [2.24, 2.45) is 0 Å². The van der Waals surface area contributed by atoms with Crippen molar-refractivity contribution in [3.63, 3.8) is 0 Å². The van der Waals surface area contributed by atoms with Crippen LogP contribution in [0.1, 0.15) is 21.6 Å². The molecular formula is C18H15Cl2N5O. The van der Waals surface area contributed by atoms with Crippen molar-refractivity contribution in [1.82, 2.24) is 15.0 Å². The van der Waals surface area contributed by atoms with E-state index in [9.17, 15) is 4.79 Å². The molecule has 2 heterocycles. The highest BCUT2D eigenvalue weighted by molar-refractivity contribution is 6.39. The number of aryl methyl sites for hydroxylation is 1. The second-order valence-corrected chi connectivity index (χ2v) is 6.44. The lowest BCUT2D eigenvalue weighted by Crippen LogP contribution is -2.06. The molecule has 26 heavy (non-hydrogen) atoms. The summed E-state index contributed by atoms with van der Waals surface area (Å²) in [6.45, 7) is 1.82. The van der Waals surface area contributed by atoms with Crippen LogP contribution < -0.4 is 11.1 Å². The molecule has 0 spiro atoms. The number of Topliss-reactive ketones (excluding diaryl/α,β-unsaturated/α-hetero) is 1. The maximum Gasteiger partial charge on any atom is 0.222 e. The number of anilines is 3. The third-order valence-electron chi connectivity index (χ3n) is 3.56. The van der Waals surface area contributed by atoms with Crippen LogP contribution in [-0.2, 0) is 6.42 Å². The monoisotopic (exact) mass is 387 g/mol. The minimum atomic E-state index is -0.167. The maximum atomic E-state index is 12.6. The fourth-order valence-corrected chi connectivity index (χ4v) is 3.09. The van der Waals surface area contributed by atoms with Crippen LogP contribution in [0.4, 0.5) is 17.6 Å². The molecule has 2 aromatic heterocycles. The van der Waals surface area contributed by atoms with Gasteiger partial charge >= 0.3 is 0 Å². The second-order valence-electron chi connectivity index (χ2n) is 5.62. The number of hydrogen-bond donors (Lipinski definition) is 2. The van der Waals surface area contributed by atoms with Gasteiger partial charge in [0.05, 0.1) is 15.6 Å². The summed E-state index contributed by atoms with van der Waals surface area (Å²) in [6, 6.07) is 10.2. The molecule has 0 amide bonds. The number of nitrogen functional groups attached to an aromatic ring is 1. The van der Waals surface area contributed by atoms with Crippen molar-refractivity contribution in [2.75, 3.05) is 11.1 Å². The van der Waals surface area contributed by atoms with Crippen LogP contribution in [0.2, 0.25) is 10.0 Å². The van der Waals surface area contributed by atoms with E-state index >= 15 is 0 Å². The van der Waals surface area contributed by atoms with Gasteiger partial charge in [0.1, 0.15) is 11.6 Å². The number of aromatic nitrogens is 3. The number of hydrogen-bond acceptors (Lipinski definition) is 6. The molecule has 0 saturated heterocycles. The van der Waals surface area contributed by atoms with E-state index in [1.807, 2.05) is 6.92 Å². The summed E-state index contributed by atoms with van der Waals surface area (Å²) in [7, 11) is 0. The highest BCUT2D eigenvalue weighted by atomic mass is 35.5. The molecule has 0 aliphatic rings. The van der Waals surface area contributed by atoms with Crippen molar-refractivity contribution in [3.05, 3.63) is 69.5 Å². The number of halogens is 2. The third-order valence-corrected chi connectivity index (χ3v) is 4.19. The Balaban J connectivity index is 1.80. The SMILES string of the molecule is Cc1cc(Nc2cc(CC(=O)c3c(Cl)cccc3Cl)ccn2)nc(N)n1. The zero-order valence-electron chi connectivity index (χ0n) is 13.8. The minimum Gasteiger partial charge on any atom is -0.368 e. The second kappa shape index (κ2) is 7.68. The number of carbonyl (C=O) groups excluding carboxylic acids is 1. The number of ketones is 1. The van der Waals surface area contributed by atoms with Gasteiger partial charge in [-0.25, -0.2) is 9.97 Å². The van der Waals surface area contributed by atoms with Gasteiger partial charge in [0.15, 0.2) is 5.78 Å². The Kier molecular flexibility index (Phi) is 5.35. The van der Waals surface area contributed by atoms with Crippen LogP contribution in [0.15, 0.2) is 42.6 Å². The molecule has 0 unspecified atom stereocenters. The van der Waals surface area contributed by atoms with Gasteiger partial charge in [-0.15, -0.1) is 0 Å². The van der Waals surface area contributed by atoms with E-state index in [2.05, 4.69) is 20.3 Å². The molecule has 0 saturated carbocycles. The predicted octanol–water partition coefficient (Wildman–Crippen LogP) is 4.24. The van der Waals surface area contributed by atoms with Crippen molar-refractivity contribution in [2.45, 2.75) is 13.3 Å². The van der Waals surface area contributed by atoms with E-state index in [0.717, 1.165) is 11.3 Å². The first-order valence-corrected chi connectivity index (χ1v) is 8.48. The van der Waals surface area contributed by atoms with Gasteiger partial charge in [-0.05, 0) is 36.8 Å². The number of pyridine rings is 1. The third kappa shape index (κ3) is 4.28. The zero-order valence-corrected chi connectivity index (χ0v) is 15.3. The summed E-state index contributed by atoms with van der Waals surface area (Å²) in [5, 5.41) is 3.73. The van der Waals surface area contributed by atoms with Crippen molar-refractivity contribution < 1.29 is 4.79 Å². The highest BCUT2D eigenvalue weighted by Crippen LogP contribution is 2.26. The van der Waals surface area contributed by atoms with Gasteiger partial charge in [-0.3, -0.25) is 4.79 Å². The highest BCUT2D eigenvalue weighted by Gasteiger charge is 2.15. The molecule has 3 aromatic rings.